The van der Waals surface area contributed by atoms with E-state index < -0.39 is 0 Å². The molecule has 0 rings (SSSR count). The van der Waals surface area contributed by atoms with Gasteiger partial charge in [0.15, 0.2) is 0 Å². The van der Waals surface area contributed by atoms with Crippen molar-refractivity contribution in [2.75, 3.05) is 6.61 Å². The number of hydrogen-bond acceptors (Lipinski definition) is 3. The molecule has 1 unspecified atom stereocenters. The lowest BCUT2D eigenvalue weighted by molar-refractivity contribution is -0.141. The lowest BCUT2D eigenvalue weighted by atomic mass is 10.1. The monoisotopic (exact) mass is 216 g/mol. The molecule has 3 nitrogen and oxygen atoms in total. The zero-order chi connectivity index (χ0) is 11.5. The zero-order valence-corrected chi connectivity index (χ0v) is 10.00. The molecule has 1 atom stereocenters. The minimum atomic E-state index is -0.188. The predicted octanol–water partition coefficient (Wildman–Crippen LogP) is 2.66. The Balaban J connectivity index is 2.96. The summed E-state index contributed by atoms with van der Waals surface area (Å²) in [5, 5.41) is 9.03. The SMILES string of the molecule is CC(=O)OCCCCCCCCC(C)O. The first kappa shape index (κ1) is 14.4. The van der Waals surface area contributed by atoms with Gasteiger partial charge in [-0.3, -0.25) is 4.79 Å². The second-order valence-electron chi connectivity index (χ2n) is 4.10. The van der Waals surface area contributed by atoms with Gasteiger partial charge in [-0.1, -0.05) is 32.1 Å². The molecule has 0 aliphatic carbocycles. The summed E-state index contributed by atoms with van der Waals surface area (Å²) in [4.78, 5) is 10.4. The fourth-order valence-corrected chi connectivity index (χ4v) is 1.46. The van der Waals surface area contributed by atoms with Gasteiger partial charge in [-0.05, 0) is 19.8 Å². The van der Waals surface area contributed by atoms with Crippen LogP contribution in [0.15, 0.2) is 0 Å². The van der Waals surface area contributed by atoms with Gasteiger partial charge in [0.1, 0.15) is 0 Å². The Hall–Kier alpha value is -0.570. The molecule has 1 N–H and O–H groups in total. The second kappa shape index (κ2) is 9.97. The van der Waals surface area contributed by atoms with Gasteiger partial charge in [-0.25, -0.2) is 0 Å². The molecule has 0 aromatic carbocycles. The van der Waals surface area contributed by atoms with Crippen LogP contribution >= 0.6 is 0 Å². The number of rotatable bonds is 9. The number of carbonyl (C=O) groups excluding carboxylic acids is 1. The molecule has 90 valence electrons. The van der Waals surface area contributed by atoms with Gasteiger partial charge in [-0.2, -0.15) is 0 Å². The third-order valence-electron chi connectivity index (χ3n) is 2.32. The van der Waals surface area contributed by atoms with E-state index in [0.717, 1.165) is 25.7 Å². The maximum Gasteiger partial charge on any atom is 0.302 e. The molecule has 0 aromatic rings. The van der Waals surface area contributed by atoms with Gasteiger partial charge < -0.3 is 9.84 Å². The summed E-state index contributed by atoms with van der Waals surface area (Å²) >= 11 is 0. The molecule has 0 bridgehead atoms. The minimum absolute atomic E-state index is 0.158. The highest BCUT2D eigenvalue weighted by Gasteiger charge is 1.96. The van der Waals surface area contributed by atoms with Gasteiger partial charge in [0, 0.05) is 6.92 Å². The predicted molar refractivity (Wildman–Crippen MR) is 60.6 cm³/mol. The number of ether oxygens (including phenoxy) is 1. The third-order valence-corrected chi connectivity index (χ3v) is 2.32. The summed E-state index contributed by atoms with van der Waals surface area (Å²) in [6.07, 6.45) is 7.56. The van der Waals surface area contributed by atoms with Gasteiger partial charge >= 0.3 is 5.97 Å². The van der Waals surface area contributed by atoms with Crippen LogP contribution in [-0.2, 0) is 9.53 Å². The van der Waals surface area contributed by atoms with Crippen molar-refractivity contribution in [2.45, 2.75) is 64.9 Å². The molecular formula is C12H24O3. The maximum absolute atomic E-state index is 10.4. The minimum Gasteiger partial charge on any atom is -0.466 e. The van der Waals surface area contributed by atoms with E-state index in [1.54, 1.807) is 0 Å². The Kier molecular flexibility index (Phi) is 9.59. The van der Waals surface area contributed by atoms with Gasteiger partial charge in [0.2, 0.25) is 0 Å². The van der Waals surface area contributed by atoms with E-state index in [-0.39, 0.29) is 12.1 Å². The highest BCUT2D eigenvalue weighted by molar-refractivity contribution is 5.65. The first-order valence-electron chi connectivity index (χ1n) is 5.94. The molecule has 0 spiro atoms. The Morgan fingerprint density at radius 3 is 2.20 bits per heavy atom. The molecule has 3 heteroatoms. The highest BCUT2D eigenvalue weighted by atomic mass is 16.5. The van der Waals surface area contributed by atoms with Crippen LogP contribution in [0.2, 0.25) is 0 Å². The van der Waals surface area contributed by atoms with Crippen LogP contribution in [0.3, 0.4) is 0 Å². The standard InChI is InChI=1S/C12H24O3/c1-11(13)9-7-5-3-4-6-8-10-15-12(2)14/h11,13H,3-10H2,1-2H3. The first-order chi connectivity index (χ1) is 7.13. The van der Waals surface area contributed by atoms with Crippen LogP contribution in [-0.4, -0.2) is 23.8 Å². The molecule has 0 aliphatic rings. The topological polar surface area (TPSA) is 46.5 Å². The van der Waals surface area contributed by atoms with E-state index in [9.17, 15) is 4.79 Å². The normalized spacial score (nSPS) is 12.5. The van der Waals surface area contributed by atoms with E-state index in [4.69, 9.17) is 9.84 Å². The molecule has 0 aliphatic heterocycles. The van der Waals surface area contributed by atoms with E-state index in [0.29, 0.717) is 6.61 Å². The molecular weight excluding hydrogens is 192 g/mol. The molecule has 0 heterocycles. The molecule has 0 saturated heterocycles. The van der Waals surface area contributed by atoms with Crippen molar-refractivity contribution in [1.29, 1.82) is 0 Å². The number of unbranched alkanes of at least 4 members (excludes halogenated alkanes) is 5. The number of carbonyl (C=O) groups is 1. The summed E-state index contributed by atoms with van der Waals surface area (Å²) in [7, 11) is 0. The van der Waals surface area contributed by atoms with Crippen molar-refractivity contribution in [2.24, 2.45) is 0 Å². The summed E-state index contributed by atoms with van der Waals surface area (Å²) in [5.41, 5.74) is 0. The molecule has 0 radical (unpaired) electrons. The Morgan fingerprint density at radius 1 is 1.13 bits per heavy atom. The molecule has 0 fully saturated rings. The third kappa shape index (κ3) is 13.4. The average molecular weight is 216 g/mol. The lowest BCUT2D eigenvalue weighted by Crippen LogP contribution is -2.00. The summed E-state index contributed by atoms with van der Waals surface area (Å²) < 4.78 is 4.83. The Morgan fingerprint density at radius 2 is 1.67 bits per heavy atom. The van der Waals surface area contributed by atoms with Crippen LogP contribution < -0.4 is 0 Å². The number of aliphatic hydroxyl groups is 1. The van der Waals surface area contributed by atoms with Crippen LogP contribution in [0, 0.1) is 0 Å². The van der Waals surface area contributed by atoms with Crippen molar-refractivity contribution >= 4 is 5.97 Å². The van der Waals surface area contributed by atoms with Crippen LogP contribution in [0.4, 0.5) is 0 Å². The van der Waals surface area contributed by atoms with Crippen molar-refractivity contribution in [3.05, 3.63) is 0 Å². The summed E-state index contributed by atoms with van der Waals surface area (Å²) in [5.74, 6) is -0.188. The van der Waals surface area contributed by atoms with Crippen molar-refractivity contribution in [3.63, 3.8) is 0 Å². The van der Waals surface area contributed by atoms with Crippen molar-refractivity contribution in [3.8, 4) is 0 Å². The van der Waals surface area contributed by atoms with Crippen LogP contribution in [0.5, 0.6) is 0 Å². The Labute approximate surface area is 92.8 Å². The Bertz CT molecular complexity index is 155. The van der Waals surface area contributed by atoms with E-state index in [1.807, 2.05) is 6.92 Å². The largest absolute Gasteiger partial charge is 0.466 e. The van der Waals surface area contributed by atoms with Gasteiger partial charge in [-0.15, -0.1) is 0 Å². The summed E-state index contributed by atoms with van der Waals surface area (Å²) in [6, 6.07) is 0. The number of aliphatic hydroxyl groups excluding tert-OH is 1. The lowest BCUT2D eigenvalue weighted by Gasteiger charge is -2.04. The van der Waals surface area contributed by atoms with E-state index >= 15 is 0 Å². The molecule has 0 aromatic heterocycles. The summed E-state index contributed by atoms with van der Waals surface area (Å²) in [6.45, 7) is 3.83. The van der Waals surface area contributed by atoms with Crippen molar-refractivity contribution in [1.82, 2.24) is 0 Å². The fraction of sp³-hybridized carbons (Fsp3) is 0.917. The fourth-order valence-electron chi connectivity index (χ4n) is 1.46. The van der Waals surface area contributed by atoms with E-state index in [1.165, 1.54) is 26.2 Å². The number of esters is 1. The molecule has 0 saturated carbocycles. The van der Waals surface area contributed by atoms with Crippen LogP contribution in [0.1, 0.15) is 58.8 Å². The highest BCUT2D eigenvalue weighted by Crippen LogP contribution is 2.08. The zero-order valence-electron chi connectivity index (χ0n) is 10.00. The molecule has 15 heavy (non-hydrogen) atoms. The molecule has 0 amide bonds. The second-order valence-corrected chi connectivity index (χ2v) is 4.10. The number of hydrogen-bond donors (Lipinski definition) is 1. The quantitative estimate of drug-likeness (QED) is 0.476. The smallest absolute Gasteiger partial charge is 0.302 e. The van der Waals surface area contributed by atoms with Crippen LogP contribution in [0.25, 0.3) is 0 Å². The average Bonchev–Trinajstić information content (AvgIpc) is 2.14. The van der Waals surface area contributed by atoms with Crippen molar-refractivity contribution < 1.29 is 14.6 Å². The van der Waals surface area contributed by atoms with E-state index in [2.05, 4.69) is 0 Å². The van der Waals surface area contributed by atoms with Gasteiger partial charge in [0.05, 0.1) is 12.7 Å². The maximum atomic E-state index is 10.4. The van der Waals surface area contributed by atoms with Gasteiger partial charge in [0.25, 0.3) is 0 Å². The first-order valence-corrected chi connectivity index (χ1v) is 5.94.